The number of thiocarbonyl (C=S) groups is 1. The fourth-order valence-corrected chi connectivity index (χ4v) is 3.30. The standard InChI is InChI=1S/C20H20N4O4S/c1-3-28-16-10-6-14(7-11-16)22-19(25)17-12(2)21-20(29)23-18(17)13-4-8-15(9-5-13)24(26)27/h4-11,18H,3H2,1-2H3,(H,22,25)(H2,21,23,29)/t18-/m1/s1. The molecular formula is C20H20N4O4S. The van der Waals surface area contributed by atoms with E-state index in [2.05, 4.69) is 16.0 Å². The molecule has 1 heterocycles. The Morgan fingerprint density at radius 1 is 1.21 bits per heavy atom. The second kappa shape index (κ2) is 8.70. The number of rotatable bonds is 6. The molecule has 150 valence electrons. The normalized spacial score (nSPS) is 15.9. The third kappa shape index (κ3) is 4.69. The molecular weight excluding hydrogens is 392 g/mol. The Labute approximate surface area is 173 Å². The SMILES string of the molecule is CCOc1ccc(NC(=O)C2=C(C)NC(=S)N[C@@H]2c2ccc([N+](=O)[O-])cc2)cc1. The van der Waals surface area contributed by atoms with Gasteiger partial charge in [0.05, 0.1) is 23.1 Å². The molecule has 0 aromatic heterocycles. The number of allylic oxidation sites excluding steroid dienone is 1. The predicted octanol–water partition coefficient (Wildman–Crippen LogP) is 3.43. The number of nitro groups is 1. The number of non-ortho nitro benzene ring substituents is 1. The third-order valence-electron chi connectivity index (χ3n) is 4.37. The predicted molar refractivity (Wildman–Crippen MR) is 114 cm³/mol. The lowest BCUT2D eigenvalue weighted by molar-refractivity contribution is -0.384. The topological polar surface area (TPSA) is 106 Å². The van der Waals surface area contributed by atoms with Gasteiger partial charge in [-0.2, -0.15) is 0 Å². The first-order valence-electron chi connectivity index (χ1n) is 8.96. The van der Waals surface area contributed by atoms with Crippen LogP contribution in [0.2, 0.25) is 0 Å². The lowest BCUT2D eigenvalue weighted by Crippen LogP contribution is -2.45. The van der Waals surface area contributed by atoms with Crippen LogP contribution in [0, 0.1) is 10.1 Å². The van der Waals surface area contributed by atoms with E-state index in [0.29, 0.717) is 34.2 Å². The molecule has 1 amide bonds. The number of ether oxygens (including phenoxy) is 1. The number of nitro benzene ring substituents is 1. The summed E-state index contributed by atoms with van der Waals surface area (Å²) < 4.78 is 5.41. The van der Waals surface area contributed by atoms with E-state index >= 15 is 0 Å². The molecule has 0 aliphatic carbocycles. The van der Waals surface area contributed by atoms with Crippen molar-refractivity contribution in [2.24, 2.45) is 0 Å². The van der Waals surface area contributed by atoms with E-state index in [9.17, 15) is 14.9 Å². The van der Waals surface area contributed by atoms with Crippen LogP contribution in [0.4, 0.5) is 11.4 Å². The number of amides is 1. The molecule has 1 atom stereocenters. The van der Waals surface area contributed by atoms with Gasteiger partial charge in [-0.25, -0.2) is 0 Å². The van der Waals surface area contributed by atoms with E-state index in [1.54, 1.807) is 43.3 Å². The number of hydrogen-bond donors (Lipinski definition) is 3. The fraction of sp³-hybridized carbons (Fsp3) is 0.200. The number of anilines is 1. The molecule has 3 rings (SSSR count). The van der Waals surface area contributed by atoms with Crippen molar-refractivity contribution in [3.63, 3.8) is 0 Å². The highest BCUT2D eigenvalue weighted by atomic mass is 32.1. The number of carbonyl (C=O) groups is 1. The average molecular weight is 412 g/mol. The summed E-state index contributed by atoms with van der Waals surface area (Å²) >= 11 is 5.23. The maximum Gasteiger partial charge on any atom is 0.269 e. The molecule has 0 saturated carbocycles. The maximum atomic E-state index is 13.0. The first-order chi connectivity index (χ1) is 13.9. The van der Waals surface area contributed by atoms with Crippen LogP contribution in [0.25, 0.3) is 0 Å². The van der Waals surface area contributed by atoms with E-state index in [0.717, 1.165) is 5.75 Å². The van der Waals surface area contributed by atoms with Crippen molar-refractivity contribution in [3.8, 4) is 5.75 Å². The highest BCUT2D eigenvalue weighted by Gasteiger charge is 2.30. The van der Waals surface area contributed by atoms with E-state index in [1.165, 1.54) is 12.1 Å². The van der Waals surface area contributed by atoms with Gasteiger partial charge in [0.25, 0.3) is 11.6 Å². The summed E-state index contributed by atoms with van der Waals surface area (Å²) in [6, 6.07) is 12.6. The molecule has 2 aromatic carbocycles. The first-order valence-corrected chi connectivity index (χ1v) is 9.36. The van der Waals surface area contributed by atoms with Crippen molar-refractivity contribution >= 4 is 34.6 Å². The van der Waals surface area contributed by atoms with Gasteiger partial charge in [-0.05, 0) is 68.0 Å². The van der Waals surface area contributed by atoms with Crippen LogP contribution in [0.1, 0.15) is 25.5 Å². The highest BCUT2D eigenvalue weighted by Crippen LogP contribution is 2.29. The summed E-state index contributed by atoms with van der Waals surface area (Å²) in [6.45, 7) is 4.22. The second-order valence-corrected chi connectivity index (χ2v) is 6.74. The van der Waals surface area contributed by atoms with Crippen molar-refractivity contribution in [1.82, 2.24) is 10.6 Å². The number of hydrogen-bond acceptors (Lipinski definition) is 5. The zero-order chi connectivity index (χ0) is 21.0. The number of nitrogens with zero attached hydrogens (tertiary/aromatic N) is 1. The minimum absolute atomic E-state index is 0.0219. The van der Waals surface area contributed by atoms with Crippen molar-refractivity contribution in [2.75, 3.05) is 11.9 Å². The van der Waals surface area contributed by atoms with Gasteiger partial charge in [0, 0.05) is 23.5 Å². The lowest BCUT2D eigenvalue weighted by Gasteiger charge is -2.30. The molecule has 0 unspecified atom stereocenters. The molecule has 9 heteroatoms. The van der Waals surface area contributed by atoms with Gasteiger partial charge < -0.3 is 20.7 Å². The number of carbonyl (C=O) groups excluding carboxylic acids is 1. The smallest absolute Gasteiger partial charge is 0.269 e. The maximum absolute atomic E-state index is 13.0. The summed E-state index contributed by atoms with van der Waals surface area (Å²) in [4.78, 5) is 23.5. The van der Waals surface area contributed by atoms with Gasteiger partial charge >= 0.3 is 0 Å². The third-order valence-corrected chi connectivity index (χ3v) is 4.59. The van der Waals surface area contributed by atoms with E-state index in [4.69, 9.17) is 17.0 Å². The largest absolute Gasteiger partial charge is 0.494 e. The molecule has 0 bridgehead atoms. The molecule has 3 N–H and O–H groups in total. The Morgan fingerprint density at radius 3 is 2.45 bits per heavy atom. The molecule has 0 fully saturated rings. The highest BCUT2D eigenvalue weighted by molar-refractivity contribution is 7.80. The van der Waals surface area contributed by atoms with Crippen molar-refractivity contribution in [1.29, 1.82) is 0 Å². The molecule has 1 aliphatic heterocycles. The zero-order valence-electron chi connectivity index (χ0n) is 15.9. The monoisotopic (exact) mass is 412 g/mol. The van der Waals surface area contributed by atoms with Gasteiger partial charge in [0.15, 0.2) is 5.11 Å². The van der Waals surface area contributed by atoms with Crippen LogP contribution >= 0.6 is 12.2 Å². The first kappa shape index (κ1) is 20.3. The molecule has 29 heavy (non-hydrogen) atoms. The Morgan fingerprint density at radius 2 is 1.86 bits per heavy atom. The van der Waals surface area contributed by atoms with Crippen LogP contribution in [-0.4, -0.2) is 22.5 Å². The summed E-state index contributed by atoms with van der Waals surface area (Å²) in [6.07, 6.45) is 0. The van der Waals surface area contributed by atoms with E-state index in [-0.39, 0.29) is 11.6 Å². The summed E-state index contributed by atoms with van der Waals surface area (Å²) in [5.41, 5.74) is 2.35. The van der Waals surface area contributed by atoms with E-state index in [1.807, 2.05) is 6.92 Å². The van der Waals surface area contributed by atoms with Crippen LogP contribution in [0.15, 0.2) is 59.8 Å². The molecule has 0 spiro atoms. The van der Waals surface area contributed by atoms with Crippen molar-refractivity contribution < 1.29 is 14.5 Å². The van der Waals surface area contributed by atoms with Gasteiger partial charge in [-0.3, -0.25) is 14.9 Å². The molecule has 1 aliphatic rings. The molecule has 0 radical (unpaired) electrons. The molecule has 8 nitrogen and oxygen atoms in total. The lowest BCUT2D eigenvalue weighted by atomic mass is 9.94. The van der Waals surface area contributed by atoms with Gasteiger partial charge in [-0.1, -0.05) is 0 Å². The van der Waals surface area contributed by atoms with Gasteiger partial charge in [0.2, 0.25) is 0 Å². The van der Waals surface area contributed by atoms with Crippen molar-refractivity contribution in [3.05, 3.63) is 75.5 Å². The number of benzene rings is 2. The summed E-state index contributed by atoms with van der Waals surface area (Å²) in [5, 5.41) is 20.2. The second-order valence-electron chi connectivity index (χ2n) is 6.33. The Kier molecular flexibility index (Phi) is 6.08. The zero-order valence-corrected chi connectivity index (χ0v) is 16.7. The van der Waals surface area contributed by atoms with Crippen LogP contribution in [-0.2, 0) is 4.79 Å². The van der Waals surface area contributed by atoms with Gasteiger partial charge in [-0.15, -0.1) is 0 Å². The molecule has 0 saturated heterocycles. The number of nitrogens with one attached hydrogen (secondary N) is 3. The minimum Gasteiger partial charge on any atom is -0.494 e. The minimum atomic E-state index is -0.535. The van der Waals surface area contributed by atoms with Gasteiger partial charge in [0.1, 0.15) is 5.75 Å². The van der Waals surface area contributed by atoms with Crippen molar-refractivity contribution in [2.45, 2.75) is 19.9 Å². The Bertz CT molecular complexity index is 971. The van der Waals surface area contributed by atoms with Crippen LogP contribution in [0.3, 0.4) is 0 Å². The fourth-order valence-electron chi connectivity index (χ4n) is 3.03. The summed E-state index contributed by atoms with van der Waals surface area (Å²) in [7, 11) is 0. The Balaban J connectivity index is 1.86. The Hall–Kier alpha value is -3.46. The van der Waals surface area contributed by atoms with Crippen LogP contribution in [0.5, 0.6) is 5.75 Å². The summed E-state index contributed by atoms with van der Waals surface area (Å²) in [5.74, 6) is 0.411. The van der Waals surface area contributed by atoms with Crippen LogP contribution < -0.4 is 20.7 Å². The average Bonchev–Trinajstić information content (AvgIpc) is 2.69. The quantitative estimate of drug-likeness (QED) is 0.379. The molecule has 2 aromatic rings. The van der Waals surface area contributed by atoms with E-state index < -0.39 is 11.0 Å².